The summed E-state index contributed by atoms with van der Waals surface area (Å²) in [4.78, 5) is 2.19. The summed E-state index contributed by atoms with van der Waals surface area (Å²) in [7, 11) is 0. The number of hydrogen-bond donors (Lipinski definition) is 1. The van der Waals surface area contributed by atoms with Crippen molar-refractivity contribution in [1.82, 2.24) is 4.90 Å². The molecule has 13 heavy (non-hydrogen) atoms. The molecule has 0 aliphatic rings. The van der Waals surface area contributed by atoms with Crippen LogP contribution in [0.4, 0.5) is 0 Å². The number of hydrogen-bond acceptors (Lipinski definition) is 3. The molecule has 0 aliphatic heterocycles. The fourth-order valence-electron chi connectivity index (χ4n) is 1.08. The van der Waals surface area contributed by atoms with Crippen LogP contribution in [-0.4, -0.2) is 31.1 Å². The second-order valence-corrected chi connectivity index (χ2v) is 2.85. The summed E-state index contributed by atoms with van der Waals surface area (Å²) in [6.07, 6.45) is 7.45. The van der Waals surface area contributed by atoms with Gasteiger partial charge in [-0.3, -0.25) is 0 Å². The molecule has 0 unspecified atom stereocenters. The molecule has 3 nitrogen and oxygen atoms in total. The zero-order chi connectivity index (χ0) is 9.94. The van der Waals surface area contributed by atoms with E-state index in [0.29, 0.717) is 13.0 Å². The zero-order valence-corrected chi connectivity index (χ0v) is 8.00. The number of rotatable bonds is 7. The van der Waals surface area contributed by atoms with E-state index in [-0.39, 0.29) is 0 Å². The smallest absolute Gasteiger partial charge is 0.0635 e. The fraction of sp³-hybridized carbons (Fsp3) is 0.700. The molecule has 0 rings (SSSR count). The van der Waals surface area contributed by atoms with Crippen molar-refractivity contribution in [3.8, 4) is 18.4 Å². The van der Waals surface area contributed by atoms with Crippen molar-refractivity contribution >= 4 is 0 Å². The molecule has 3 heteroatoms. The van der Waals surface area contributed by atoms with Crippen molar-refractivity contribution in [2.75, 3.05) is 26.2 Å². The van der Waals surface area contributed by atoms with Gasteiger partial charge in [0, 0.05) is 25.9 Å². The predicted octanol–water partition coefficient (Wildman–Crippen LogP) is 0.574. The van der Waals surface area contributed by atoms with Gasteiger partial charge in [0.1, 0.15) is 0 Å². The third-order valence-corrected chi connectivity index (χ3v) is 1.79. The molecular weight excluding hydrogens is 162 g/mol. The first-order valence-corrected chi connectivity index (χ1v) is 4.58. The standard InChI is InChI=1S/C10H17N3/c1-2-3-8-13(9-4-6-11)10-5-7-12/h1H,3-6,8-11H2. The molecule has 0 saturated carbocycles. The molecule has 0 fully saturated rings. The molecular formula is C10H17N3. The highest BCUT2D eigenvalue weighted by Crippen LogP contribution is 1.94. The average Bonchev–Trinajstić information content (AvgIpc) is 2.17. The van der Waals surface area contributed by atoms with Gasteiger partial charge < -0.3 is 10.6 Å². The minimum Gasteiger partial charge on any atom is -0.330 e. The van der Waals surface area contributed by atoms with E-state index in [0.717, 1.165) is 32.5 Å². The Morgan fingerprint density at radius 3 is 2.46 bits per heavy atom. The normalized spacial score (nSPS) is 9.54. The quantitative estimate of drug-likeness (QED) is 0.581. The molecule has 0 amide bonds. The van der Waals surface area contributed by atoms with Crippen LogP contribution >= 0.6 is 0 Å². The second-order valence-electron chi connectivity index (χ2n) is 2.85. The lowest BCUT2D eigenvalue weighted by Crippen LogP contribution is -2.28. The van der Waals surface area contributed by atoms with E-state index < -0.39 is 0 Å². The molecule has 0 radical (unpaired) electrons. The summed E-state index contributed by atoms with van der Waals surface area (Å²) in [6, 6.07) is 2.13. The van der Waals surface area contributed by atoms with Crippen LogP contribution in [0.25, 0.3) is 0 Å². The van der Waals surface area contributed by atoms with E-state index in [1.54, 1.807) is 0 Å². The Balaban J connectivity index is 3.62. The van der Waals surface area contributed by atoms with Gasteiger partial charge in [0.2, 0.25) is 0 Å². The maximum absolute atomic E-state index is 8.42. The van der Waals surface area contributed by atoms with Crippen molar-refractivity contribution in [2.45, 2.75) is 19.3 Å². The maximum Gasteiger partial charge on any atom is 0.0635 e. The number of nitrogens with two attached hydrogens (primary N) is 1. The van der Waals surface area contributed by atoms with Crippen LogP contribution in [0.1, 0.15) is 19.3 Å². The molecule has 0 spiro atoms. The first kappa shape index (κ1) is 12.0. The summed E-state index contributed by atoms with van der Waals surface area (Å²) in [5.41, 5.74) is 5.40. The third-order valence-electron chi connectivity index (χ3n) is 1.79. The van der Waals surface area contributed by atoms with Crippen LogP contribution in [0.3, 0.4) is 0 Å². The lowest BCUT2D eigenvalue weighted by Gasteiger charge is -2.19. The second kappa shape index (κ2) is 9.06. The number of terminal acetylenes is 1. The summed E-state index contributed by atoms with van der Waals surface area (Å²) in [5, 5.41) is 8.42. The molecule has 72 valence electrons. The van der Waals surface area contributed by atoms with Crippen LogP contribution in [-0.2, 0) is 0 Å². The molecule has 0 bridgehead atoms. The number of nitriles is 1. The van der Waals surface area contributed by atoms with Crippen LogP contribution in [0.2, 0.25) is 0 Å². The fourth-order valence-corrected chi connectivity index (χ4v) is 1.08. The molecule has 0 saturated heterocycles. The van der Waals surface area contributed by atoms with Crippen LogP contribution < -0.4 is 5.73 Å². The van der Waals surface area contributed by atoms with Crippen molar-refractivity contribution in [1.29, 1.82) is 5.26 Å². The van der Waals surface area contributed by atoms with Gasteiger partial charge in [-0.15, -0.1) is 12.3 Å². The Morgan fingerprint density at radius 2 is 1.92 bits per heavy atom. The lowest BCUT2D eigenvalue weighted by atomic mass is 10.3. The Bertz CT molecular complexity index is 169. The minimum atomic E-state index is 0.565. The van der Waals surface area contributed by atoms with Crippen molar-refractivity contribution in [3.05, 3.63) is 0 Å². The van der Waals surface area contributed by atoms with Gasteiger partial charge in [-0.1, -0.05) is 0 Å². The van der Waals surface area contributed by atoms with Gasteiger partial charge in [-0.05, 0) is 19.5 Å². The molecule has 0 aromatic carbocycles. The predicted molar refractivity (Wildman–Crippen MR) is 53.8 cm³/mol. The highest BCUT2D eigenvalue weighted by molar-refractivity contribution is 4.85. The highest BCUT2D eigenvalue weighted by atomic mass is 15.1. The third kappa shape index (κ3) is 7.33. The van der Waals surface area contributed by atoms with Crippen LogP contribution in [0.15, 0.2) is 0 Å². The van der Waals surface area contributed by atoms with Crippen LogP contribution in [0, 0.1) is 23.7 Å². The summed E-state index contributed by atoms with van der Waals surface area (Å²) >= 11 is 0. The number of nitrogens with zero attached hydrogens (tertiary/aromatic N) is 2. The van der Waals surface area contributed by atoms with Gasteiger partial charge in [-0.25, -0.2) is 0 Å². The SMILES string of the molecule is C#CCCN(CCC#N)CCCN. The molecule has 2 N–H and O–H groups in total. The van der Waals surface area contributed by atoms with E-state index in [4.69, 9.17) is 17.4 Å². The van der Waals surface area contributed by atoms with Gasteiger partial charge in [0.25, 0.3) is 0 Å². The van der Waals surface area contributed by atoms with Crippen molar-refractivity contribution in [3.63, 3.8) is 0 Å². The van der Waals surface area contributed by atoms with Gasteiger partial charge >= 0.3 is 0 Å². The average molecular weight is 179 g/mol. The molecule has 0 aliphatic carbocycles. The van der Waals surface area contributed by atoms with E-state index in [1.807, 2.05) is 0 Å². The van der Waals surface area contributed by atoms with Crippen LogP contribution in [0.5, 0.6) is 0 Å². The highest BCUT2D eigenvalue weighted by Gasteiger charge is 2.01. The molecule has 0 atom stereocenters. The molecule has 0 heterocycles. The van der Waals surface area contributed by atoms with Crippen molar-refractivity contribution < 1.29 is 0 Å². The van der Waals surface area contributed by atoms with Crippen molar-refractivity contribution in [2.24, 2.45) is 5.73 Å². The largest absolute Gasteiger partial charge is 0.330 e. The summed E-state index contributed by atoms with van der Waals surface area (Å²) in [6.45, 7) is 3.31. The first-order chi connectivity index (χ1) is 6.35. The minimum absolute atomic E-state index is 0.565. The van der Waals surface area contributed by atoms with E-state index in [2.05, 4.69) is 16.9 Å². The van der Waals surface area contributed by atoms with Gasteiger partial charge in [-0.2, -0.15) is 5.26 Å². The monoisotopic (exact) mass is 179 g/mol. The Morgan fingerprint density at radius 1 is 1.23 bits per heavy atom. The van der Waals surface area contributed by atoms with E-state index >= 15 is 0 Å². The Hall–Kier alpha value is -1.03. The maximum atomic E-state index is 8.42. The topological polar surface area (TPSA) is 53.0 Å². The van der Waals surface area contributed by atoms with Gasteiger partial charge in [0.05, 0.1) is 6.07 Å². The van der Waals surface area contributed by atoms with E-state index in [9.17, 15) is 0 Å². The zero-order valence-electron chi connectivity index (χ0n) is 8.00. The van der Waals surface area contributed by atoms with E-state index in [1.165, 1.54) is 0 Å². The Kier molecular flexibility index (Phi) is 8.34. The van der Waals surface area contributed by atoms with Gasteiger partial charge in [0.15, 0.2) is 0 Å². The lowest BCUT2D eigenvalue weighted by molar-refractivity contribution is 0.284. The summed E-state index contributed by atoms with van der Waals surface area (Å²) < 4.78 is 0. The molecule has 0 aromatic heterocycles. The Labute approximate surface area is 80.5 Å². The molecule has 0 aromatic rings. The first-order valence-electron chi connectivity index (χ1n) is 4.58. The summed E-state index contributed by atoms with van der Waals surface area (Å²) in [5.74, 6) is 2.60.